The van der Waals surface area contributed by atoms with Crippen LogP contribution in [0.1, 0.15) is 34.4 Å². The number of rotatable bonds is 6. The van der Waals surface area contributed by atoms with Gasteiger partial charge in [0.25, 0.3) is 0 Å². The van der Waals surface area contributed by atoms with Gasteiger partial charge in [0.15, 0.2) is 0 Å². The first-order valence-corrected chi connectivity index (χ1v) is 9.54. The molecule has 2 rings (SSSR count). The fourth-order valence-corrected chi connectivity index (χ4v) is 4.25. The minimum atomic E-state index is -3.74. The third-order valence-corrected chi connectivity index (χ3v) is 5.71. The predicted octanol–water partition coefficient (Wildman–Crippen LogP) is 3.31. The molecule has 1 aromatic heterocycles. The van der Waals surface area contributed by atoms with Gasteiger partial charge >= 0.3 is 5.97 Å². The normalized spacial score (nSPS) is 11.5. The average molecular weight is 416 g/mol. The van der Waals surface area contributed by atoms with Crippen molar-refractivity contribution in [2.24, 2.45) is 0 Å². The molecule has 0 saturated heterocycles. The molecule has 0 bridgehead atoms. The van der Waals surface area contributed by atoms with Crippen molar-refractivity contribution < 1.29 is 22.4 Å². The van der Waals surface area contributed by atoms with Crippen LogP contribution in [0.2, 0.25) is 0 Å². The van der Waals surface area contributed by atoms with E-state index >= 15 is 0 Å². The summed E-state index contributed by atoms with van der Waals surface area (Å²) in [6.45, 7) is 5.66. The Labute approximate surface area is 149 Å². The largest absolute Gasteiger partial charge is 0.466 e. The third-order valence-electron chi connectivity index (χ3n) is 3.33. The van der Waals surface area contributed by atoms with Gasteiger partial charge in [-0.2, -0.15) is 0 Å². The van der Waals surface area contributed by atoms with Crippen molar-refractivity contribution in [2.75, 3.05) is 6.61 Å². The van der Waals surface area contributed by atoms with E-state index in [2.05, 4.69) is 20.7 Å². The number of sulfonamides is 1. The molecule has 0 saturated carbocycles. The summed E-state index contributed by atoms with van der Waals surface area (Å²) in [6, 6.07) is 6.01. The van der Waals surface area contributed by atoms with Gasteiger partial charge in [0.05, 0.1) is 17.1 Å². The number of hydrogen-bond acceptors (Lipinski definition) is 5. The molecule has 24 heavy (non-hydrogen) atoms. The highest BCUT2D eigenvalue weighted by atomic mass is 79.9. The first-order chi connectivity index (χ1) is 11.2. The van der Waals surface area contributed by atoms with Gasteiger partial charge in [-0.15, -0.1) is 0 Å². The Morgan fingerprint density at radius 2 is 2.00 bits per heavy atom. The van der Waals surface area contributed by atoms with Crippen LogP contribution in [0.15, 0.2) is 38.1 Å². The van der Waals surface area contributed by atoms with Crippen LogP contribution in [0.3, 0.4) is 0 Å². The molecule has 0 atom stereocenters. The molecule has 0 unspecified atom stereocenters. The SMILES string of the molecule is CCOC(=O)c1ccc(S(=O)(=O)NCc2cc(C)oc2C)c(Br)c1. The zero-order chi connectivity index (χ0) is 17.9. The van der Waals surface area contributed by atoms with E-state index in [1.54, 1.807) is 26.8 Å². The van der Waals surface area contributed by atoms with E-state index in [0.29, 0.717) is 10.2 Å². The second-order valence-electron chi connectivity index (χ2n) is 5.13. The Morgan fingerprint density at radius 1 is 1.29 bits per heavy atom. The van der Waals surface area contributed by atoms with Crippen LogP contribution in [-0.4, -0.2) is 21.0 Å². The lowest BCUT2D eigenvalue weighted by Crippen LogP contribution is -2.24. The molecule has 0 radical (unpaired) electrons. The fraction of sp³-hybridized carbons (Fsp3) is 0.312. The van der Waals surface area contributed by atoms with Gasteiger partial charge in [0.2, 0.25) is 10.0 Å². The van der Waals surface area contributed by atoms with Crippen LogP contribution in [0.4, 0.5) is 0 Å². The molecule has 0 fully saturated rings. The van der Waals surface area contributed by atoms with E-state index in [1.807, 2.05) is 0 Å². The van der Waals surface area contributed by atoms with Gasteiger partial charge in [-0.05, 0) is 61.0 Å². The Kier molecular flexibility index (Phi) is 5.84. The number of esters is 1. The molecule has 0 spiro atoms. The van der Waals surface area contributed by atoms with E-state index in [0.717, 1.165) is 11.3 Å². The van der Waals surface area contributed by atoms with Gasteiger partial charge < -0.3 is 9.15 Å². The van der Waals surface area contributed by atoms with Crippen LogP contribution >= 0.6 is 15.9 Å². The van der Waals surface area contributed by atoms with Crippen molar-refractivity contribution in [3.05, 3.63) is 51.4 Å². The van der Waals surface area contributed by atoms with Crippen LogP contribution in [-0.2, 0) is 21.3 Å². The van der Waals surface area contributed by atoms with Crippen molar-refractivity contribution in [3.8, 4) is 0 Å². The number of furan rings is 1. The van der Waals surface area contributed by atoms with Crippen molar-refractivity contribution in [1.29, 1.82) is 0 Å². The summed E-state index contributed by atoms with van der Waals surface area (Å²) in [7, 11) is -3.74. The summed E-state index contributed by atoms with van der Waals surface area (Å²) < 4.78 is 38.0. The monoisotopic (exact) mass is 415 g/mol. The van der Waals surface area contributed by atoms with Gasteiger partial charge in [0.1, 0.15) is 11.5 Å². The molecule has 0 aliphatic carbocycles. The van der Waals surface area contributed by atoms with Crippen LogP contribution in [0.5, 0.6) is 0 Å². The molecule has 2 aromatic rings. The summed E-state index contributed by atoms with van der Waals surface area (Å²) in [6.07, 6.45) is 0. The van der Waals surface area contributed by atoms with E-state index < -0.39 is 16.0 Å². The van der Waals surface area contributed by atoms with Crippen LogP contribution < -0.4 is 4.72 Å². The summed E-state index contributed by atoms with van der Waals surface area (Å²) in [5.41, 5.74) is 1.05. The second kappa shape index (κ2) is 7.50. The molecule has 1 heterocycles. The highest BCUT2D eigenvalue weighted by Gasteiger charge is 2.20. The van der Waals surface area contributed by atoms with Crippen molar-refractivity contribution in [1.82, 2.24) is 4.72 Å². The number of ether oxygens (including phenoxy) is 1. The lowest BCUT2D eigenvalue weighted by Gasteiger charge is -2.09. The highest BCUT2D eigenvalue weighted by molar-refractivity contribution is 9.10. The Morgan fingerprint density at radius 3 is 2.54 bits per heavy atom. The van der Waals surface area contributed by atoms with Crippen molar-refractivity contribution in [2.45, 2.75) is 32.2 Å². The van der Waals surface area contributed by atoms with E-state index in [9.17, 15) is 13.2 Å². The molecule has 8 heteroatoms. The number of hydrogen-bond donors (Lipinski definition) is 1. The fourth-order valence-electron chi connectivity index (χ4n) is 2.17. The van der Waals surface area contributed by atoms with Crippen molar-refractivity contribution >= 4 is 31.9 Å². The van der Waals surface area contributed by atoms with Gasteiger partial charge in [-0.3, -0.25) is 0 Å². The summed E-state index contributed by atoms with van der Waals surface area (Å²) in [4.78, 5) is 11.7. The maximum atomic E-state index is 12.5. The summed E-state index contributed by atoms with van der Waals surface area (Å²) in [5.74, 6) is 0.896. The molecule has 130 valence electrons. The predicted molar refractivity (Wildman–Crippen MR) is 92.3 cm³/mol. The smallest absolute Gasteiger partial charge is 0.338 e. The van der Waals surface area contributed by atoms with Crippen LogP contribution in [0, 0.1) is 13.8 Å². The van der Waals surface area contributed by atoms with E-state index in [1.165, 1.54) is 18.2 Å². The van der Waals surface area contributed by atoms with E-state index in [-0.39, 0.29) is 23.6 Å². The molecule has 1 aromatic carbocycles. The minimum absolute atomic E-state index is 0.0495. The molecular weight excluding hydrogens is 398 g/mol. The molecule has 1 N–H and O–H groups in total. The average Bonchev–Trinajstić information content (AvgIpc) is 2.83. The highest BCUT2D eigenvalue weighted by Crippen LogP contribution is 2.24. The molecule has 0 aliphatic rings. The number of halogens is 1. The van der Waals surface area contributed by atoms with Gasteiger partial charge in [-0.1, -0.05) is 0 Å². The molecular formula is C16H18BrNO5S. The minimum Gasteiger partial charge on any atom is -0.466 e. The maximum Gasteiger partial charge on any atom is 0.338 e. The van der Waals surface area contributed by atoms with Crippen LogP contribution in [0.25, 0.3) is 0 Å². The number of nitrogens with one attached hydrogen (secondary N) is 1. The molecule has 0 amide bonds. The van der Waals surface area contributed by atoms with Crippen molar-refractivity contribution in [3.63, 3.8) is 0 Å². The topological polar surface area (TPSA) is 85.6 Å². The standard InChI is InChI=1S/C16H18BrNO5S/c1-4-22-16(19)12-5-6-15(14(17)8-12)24(20,21)18-9-13-7-10(2)23-11(13)3/h5-8,18H,4,9H2,1-3H3. The summed E-state index contributed by atoms with van der Waals surface area (Å²) >= 11 is 3.20. The van der Waals surface area contributed by atoms with Gasteiger partial charge in [0, 0.05) is 16.6 Å². The lowest BCUT2D eigenvalue weighted by molar-refractivity contribution is 0.0526. The Balaban J connectivity index is 2.20. The molecule has 0 aliphatic heterocycles. The van der Waals surface area contributed by atoms with Gasteiger partial charge in [-0.25, -0.2) is 17.9 Å². The Hall–Kier alpha value is -1.64. The maximum absolute atomic E-state index is 12.5. The zero-order valence-electron chi connectivity index (χ0n) is 13.6. The Bertz CT molecular complexity index is 857. The summed E-state index contributed by atoms with van der Waals surface area (Å²) in [5, 5.41) is 0. The third kappa shape index (κ3) is 4.25. The van der Waals surface area contributed by atoms with E-state index in [4.69, 9.17) is 9.15 Å². The number of carbonyl (C=O) groups is 1. The first kappa shape index (κ1) is 18.7. The first-order valence-electron chi connectivity index (χ1n) is 7.27. The number of benzene rings is 1. The second-order valence-corrected chi connectivity index (χ2v) is 7.72. The lowest BCUT2D eigenvalue weighted by atomic mass is 10.2. The zero-order valence-corrected chi connectivity index (χ0v) is 16.0. The number of carbonyl (C=O) groups excluding carboxylic acids is 1. The molecule has 6 nitrogen and oxygen atoms in total. The number of aryl methyl sites for hydroxylation is 2. The quantitative estimate of drug-likeness (QED) is 0.731.